The zero-order chi connectivity index (χ0) is 12.1. The molecule has 0 unspecified atom stereocenters. The third-order valence-electron chi connectivity index (χ3n) is 2.59. The Morgan fingerprint density at radius 2 is 1.71 bits per heavy atom. The van der Waals surface area contributed by atoms with E-state index in [0.717, 1.165) is 18.4 Å². The molecule has 86 valence electrons. The molecule has 0 saturated heterocycles. The lowest BCUT2D eigenvalue weighted by Crippen LogP contribution is -2.00. The Hall–Kier alpha value is -2.16. The zero-order valence-corrected chi connectivity index (χ0v) is 9.34. The standard InChI is InChI=1S/C14H13NO2/c16-14(17)13-9-8-12(10-15-13)7-6-11-4-2-1-3-5-11/h1-5,8-10H,6-7H2,(H,16,17). The number of benzene rings is 1. The molecule has 0 fully saturated rings. The minimum absolute atomic E-state index is 0.0912. The summed E-state index contributed by atoms with van der Waals surface area (Å²) in [7, 11) is 0. The minimum Gasteiger partial charge on any atom is -0.477 e. The molecule has 0 amide bonds. The van der Waals surface area contributed by atoms with Gasteiger partial charge in [-0.3, -0.25) is 0 Å². The summed E-state index contributed by atoms with van der Waals surface area (Å²) in [6, 6.07) is 13.6. The highest BCUT2D eigenvalue weighted by Crippen LogP contribution is 2.07. The number of aromatic nitrogens is 1. The molecule has 0 aliphatic rings. The van der Waals surface area contributed by atoms with Crippen LogP contribution in [0.4, 0.5) is 0 Å². The molecule has 3 heteroatoms. The van der Waals surface area contributed by atoms with Crippen molar-refractivity contribution >= 4 is 5.97 Å². The maximum absolute atomic E-state index is 10.6. The highest BCUT2D eigenvalue weighted by molar-refractivity contribution is 5.85. The van der Waals surface area contributed by atoms with Crippen LogP contribution in [-0.4, -0.2) is 16.1 Å². The van der Waals surface area contributed by atoms with E-state index >= 15 is 0 Å². The van der Waals surface area contributed by atoms with Crippen molar-refractivity contribution in [2.24, 2.45) is 0 Å². The number of hydrogen-bond acceptors (Lipinski definition) is 2. The van der Waals surface area contributed by atoms with Gasteiger partial charge in [-0.1, -0.05) is 36.4 Å². The summed E-state index contributed by atoms with van der Waals surface area (Å²) in [5, 5.41) is 8.72. The molecule has 0 atom stereocenters. The molecule has 0 spiro atoms. The molecule has 1 heterocycles. The first-order valence-electron chi connectivity index (χ1n) is 5.48. The number of nitrogens with zero attached hydrogens (tertiary/aromatic N) is 1. The lowest BCUT2D eigenvalue weighted by molar-refractivity contribution is 0.0690. The van der Waals surface area contributed by atoms with Gasteiger partial charge in [0.25, 0.3) is 0 Å². The van der Waals surface area contributed by atoms with E-state index in [0.29, 0.717) is 0 Å². The maximum Gasteiger partial charge on any atom is 0.354 e. The maximum atomic E-state index is 10.6. The van der Waals surface area contributed by atoms with Crippen LogP contribution in [0.5, 0.6) is 0 Å². The largest absolute Gasteiger partial charge is 0.477 e. The summed E-state index contributed by atoms with van der Waals surface area (Å²) in [5.41, 5.74) is 2.42. The second-order valence-corrected chi connectivity index (χ2v) is 3.84. The van der Waals surface area contributed by atoms with E-state index in [9.17, 15) is 4.79 Å². The van der Waals surface area contributed by atoms with Crippen LogP contribution in [0, 0.1) is 0 Å². The highest BCUT2D eigenvalue weighted by atomic mass is 16.4. The fourth-order valence-corrected chi connectivity index (χ4v) is 1.63. The van der Waals surface area contributed by atoms with Gasteiger partial charge in [0.05, 0.1) is 0 Å². The van der Waals surface area contributed by atoms with Crippen molar-refractivity contribution in [3.05, 3.63) is 65.5 Å². The molecule has 0 aliphatic heterocycles. The fourth-order valence-electron chi connectivity index (χ4n) is 1.63. The second kappa shape index (κ2) is 5.25. The number of aryl methyl sites for hydroxylation is 2. The first-order valence-corrected chi connectivity index (χ1v) is 5.48. The van der Waals surface area contributed by atoms with Gasteiger partial charge < -0.3 is 5.11 Å². The van der Waals surface area contributed by atoms with Gasteiger partial charge in [0.15, 0.2) is 0 Å². The Bertz CT molecular complexity index is 491. The number of carboxylic acids is 1. The fraction of sp³-hybridized carbons (Fsp3) is 0.143. The molecule has 2 aromatic rings. The number of rotatable bonds is 4. The van der Waals surface area contributed by atoms with Crippen LogP contribution in [0.25, 0.3) is 0 Å². The normalized spacial score (nSPS) is 10.1. The van der Waals surface area contributed by atoms with Gasteiger partial charge in [0, 0.05) is 6.20 Å². The molecule has 17 heavy (non-hydrogen) atoms. The van der Waals surface area contributed by atoms with Crippen molar-refractivity contribution in [3.63, 3.8) is 0 Å². The summed E-state index contributed by atoms with van der Waals surface area (Å²) in [6.45, 7) is 0. The number of aromatic carboxylic acids is 1. The van der Waals surface area contributed by atoms with Crippen LogP contribution in [0.3, 0.4) is 0 Å². The number of carbonyl (C=O) groups is 1. The van der Waals surface area contributed by atoms with Crippen LogP contribution in [0.15, 0.2) is 48.7 Å². The van der Waals surface area contributed by atoms with E-state index in [2.05, 4.69) is 17.1 Å². The predicted molar refractivity (Wildman–Crippen MR) is 65.0 cm³/mol. The van der Waals surface area contributed by atoms with Gasteiger partial charge in [-0.15, -0.1) is 0 Å². The molecule has 0 bridgehead atoms. The Morgan fingerprint density at radius 1 is 1.00 bits per heavy atom. The quantitative estimate of drug-likeness (QED) is 0.873. The van der Waals surface area contributed by atoms with Gasteiger partial charge in [-0.2, -0.15) is 0 Å². The summed E-state index contributed by atoms with van der Waals surface area (Å²) in [5.74, 6) is -0.986. The molecule has 0 saturated carbocycles. The molecular formula is C14H13NO2. The Labute approximate surface area is 99.8 Å². The Balaban J connectivity index is 1.98. The van der Waals surface area contributed by atoms with Crippen molar-refractivity contribution < 1.29 is 9.90 Å². The number of pyridine rings is 1. The van der Waals surface area contributed by atoms with Crippen molar-refractivity contribution in [1.29, 1.82) is 0 Å². The van der Waals surface area contributed by atoms with E-state index < -0.39 is 5.97 Å². The monoisotopic (exact) mass is 227 g/mol. The van der Waals surface area contributed by atoms with E-state index in [1.807, 2.05) is 24.3 Å². The Kier molecular flexibility index (Phi) is 3.50. The summed E-state index contributed by atoms with van der Waals surface area (Å²) >= 11 is 0. The van der Waals surface area contributed by atoms with Gasteiger partial charge >= 0.3 is 5.97 Å². The molecule has 2 rings (SSSR count). The molecule has 1 aromatic carbocycles. The minimum atomic E-state index is -0.986. The molecule has 3 nitrogen and oxygen atoms in total. The average molecular weight is 227 g/mol. The van der Waals surface area contributed by atoms with E-state index in [-0.39, 0.29) is 5.69 Å². The molecule has 0 aliphatic carbocycles. The van der Waals surface area contributed by atoms with Gasteiger partial charge in [-0.05, 0) is 30.0 Å². The van der Waals surface area contributed by atoms with Gasteiger partial charge in [0.1, 0.15) is 5.69 Å². The molecular weight excluding hydrogens is 214 g/mol. The van der Waals surface area contributed by atoms with E-state index in [1.165, 1.54) is 5.56 Å². The summed E-state index contributed by atoms with van der Waals surface area (Å²) < 4.78 is 0. The van der Waals surface area contributed by atoms with Crippen LogP contribution in [0.2, 0.25) is 0 Å². The highest BCUT2D eigenvalue weighted by Gasteiger charge is 2.03. The average Bonchev–Trinajstić information content (AvgIpc) is 2.38. The lowest BCUT2D eigenvalue weighted by Gasteiger charge is -2.02. The van der Waals surface area contributed by atoms with Crippen molar-refractivity contribution in [3.8, 4) is 0 Å². The van der Waals surface area contributed by atoms with E-state index in [4.69, 9.17) is 5.11 Å². The van der Waals surface area contributed by atoms with Crippen LogP contribution in [-0.2, 0) is 12.8 Å². The Morgan fingerprint density at radius 3 is 2.29 bits per heavy atom. The van der Waals surface area contributed by atoms with E-state index in [1.54, 1.807) is 12.3 Å². The zero-order valence-electron chi connectivity index (χ0n) is 9.34. The third kappa shape index (κ3) is 3.14. The first kappa shape index (κ1) is 11.3. The van der Waals surface area contributed by atoms with Crippen molar-refractivity contribution in [1.82, 2.24) is 4.98 Å². The smallest absolute Gasteiger partial charge is 0.354 e. The third-order valence-corrected chi connectivity index (χ3v) is 2.59. The molecule has 0 radical (unpaired) electrons. The van der Waals surface area contributed by atoms with Crippen LogP contribution >= 0.6 is 0 Å². The topological polar surface area (TPSA) is 50.2 Å². The predicted octanol–water partition coefficient (Wildman–Crippen LogP) is 2.57. The second-order valence-electron chi connectivity index (χ2n) is 3.84. The van der Waals surface area contributed by atoms with Crippen LogP contribution < -0.4 is 0 Å². The number of carboxylic acid groups (broad SMARTS) is 1. The first-order chi connectivity index (χ1) is 8.25. The van der Waals surface area contributed by atoms with Crippen molar-refractivity contribution in [2.45, 2.75) is 12.8 Å². The summed E-state index contributed by atoms with van der Waals surface area (Å²) in [6.07, 6.45) is 3.44. The van der Waals surface area contributed by atoms with Gasteiger partial charge in [-0.25, -0.2) is 9.78 Å². The summed E-state index contributed by atoms with van der Waals surface area (Å²) in [4.78, 5) is 14.5. The molecule has 1 aromatic heterocycles. The van der Waals surface area contributed by atoms with Gasteiger partial charge in [0.2, 0.25) is 0 Å². The SMILES string of the molecule is O=C(O)c1ccc(CCc2ccccc2)cn1. The number of hydrogen-bond donors (Lipinski definition) is 1. The lowest BCUT2D eigenvalue weighted by atomic mass is 10.1. The van der Waals surface area contributed by atoms with Crippen molar-refractivity contribution in [2.75, 3.05) is 0 Å². The molecule has 1 N–H and O–H groups in total. The van der Waals surface area contributed by atoms with Crippen LogP contribution in [0.1, 0.15) is 21.6 Å².